The molecule has 1 aromatic carbocycles. The van der Waals surface area contributed by atoms with Crippen LogP contribution in [0.5, 0.6) is 0 Å². The quantitative estimate of drug-likeness (QED) is 0.678. The van der Waals surface area contributed by atoms with E-state index in [-0.39, 0.29) is 0 Å². The molecule has 2 rings (SSSR count). The average Bonchev–Trinajstić information content (AvgIpc) is 2.27. The fourth-order valence-electron chi connectivity index (χ4n) is 1.55. The molecule has 0 amide bonds. The molecule has 0 aromatic heterocycles. The molecule has 1 aliphatic rings. The van der Waals surface area contributed by atoms with E-state index in [9.17, 15) is 8.42 Å². The second kappa shape index (κ2) is 3.25. The van der Waals surface area contributed by atoms with Gasteiger partial charge >= 0.3 is 0 Å². The largest absolute Gasteiger partial charge is 0.372 e. The molecule has 1 heterocycles. The molecule has 0 unspecified atom stereocenters. The Hall–Kier alpha value is -1.07. The summed E-state index contributed by atoms with van der Waals surface area (Å²) in [6.45, 7) is 1.14. The molecule has 4 nitrogen and oxygen atoms in total. The number of fused-ring (bicyclic) bond motifs is 1. The van der Waals surface area contributed by atoms with Crippen molar-refractivity contribution in [1.29, 1.82) is 0 Å². The summed E-state index contributed by atoms with van der Waals surface area (Å²) in [5.74, 6) is 0. The topological polar surface area (TPSA) is 49.4 Å². The lowest BCUT2D eigenvalue weighted by molar-refractivity contribution is 0.585. The normalized spacial score (nSPS) is 19.9. The number of sulfonamides is 1. The molecule has 76 valence electrons. The van der Waals surface area contributed by atoms with Crippen LogP contribution in [0, 0.1) is 0 Å². The van der Waals surface area contributed by atoms with Crippen LogP contribution in [-0.2, 0) is 10.0 Å². The van der Waals surface area contributed by atoms with Crippen molar-refractivity contribution >= 4 is 15.7 Å². The van der Waals surface area contributed by atoms with E-state index < -0.39 is 10.0 Å². The summed E-state index contributed by atoms with van der Waals surface area (Å²) >= 11 is 0. The Labute approximate surface area is 83.6 Å². The first-order chi connectivity index (χ1) is 6.61. The summed E-state index contributed by atoms with van der Waals surface area (Å²) in [4.78, 5) is 2.30. The number of para-hydroxylation sites is 1. The molecule has 0 spiro atoms. The highest BCUT2D eigenvalue weighted by molar-refractivity contribution is 7.89. The standard InChI is InChI=1S/C9H12N2O2S/c1-11-7-6-10-14(12,13)9-5-3-2-4-8(9)11/h2-5,10H,6-7H2,1H3. The maximum Gasteiger partial charge on any atom is 0.242 e. The Morgan fingerprint density at radius 2 is 2.07 bits per heavy atom. The van der Waals surface area contributed by atoms with E-state index >= 15 is 0 Å². The van der Waals surface area contributed by atoms with Crippen LogP contribution < -0.4 is 9.62 Å². The minimum Gasteiger partial charge on any atom is -0.372 e. The second-order valence-corrected chi connectivity index (χ2v) is 5.02. The van der Waals surface area contributed by atoms with Gasteiger partial charge in [-0.3, -0.25) is 0 Å². The van der Waals surface area contributed by atoms with Crippen LogP contribution >= 0.6 is 0 Å². The van der Waals surface area contributed by atoms with Crippen molar-refractivity contribution in [2.75, 3.05) is 25.0 Å². The molecular formula is C9H12N2O2S. The van der Waals surface area contributed by atoms with Crippen molar-refractivity contribution in [3.05, 3.63) is 24.3 Å². The zero-order chi connectivity index (χ0) is 10.2. The molecule has 0 aliphatic carbocycles. The third-order valence-corrected chi connectivity index (χ3v) is 3.81. The maximum atomic E-state index is 11.7. The highest BCUT2D eigenvalue weighted by Crippen LogP contribution is 2.25. The maximum absolute atomic E-state index is 11.7. The summed E-state index contributed by atoms with van der Waals surface area (Å²) in [5, 5.41) is 0. The van der Waals surface area contributed by atoms with Gasteiger partial charge in [-0.05, 0) is 12.1 Å². The summed E-state index contributed by atoms with van der Waals surface area (Å²) in [6.07, 6.45) is 0. The predicted octanol–water partition coefficient (Wildman–Crippen LogP) is 0.415. The first-order valence-corrected chi connectivity index (χ1v) is 5.89. The van der Waals surface area contributed by atoms with Gasteiger partial charge in [0, 0.05) is 20.1 Å². The fraction of sp³-hybridized carbons (Fsp3) is 0.333. The molecule has 0 fully saturated rings. The molecule has 5 heteroatoms. The molecule has 1 N–H and O–H groups in total. The molecule has 0 bridgehead atoms. The van der Waals surface area contributed by atoms with Gasteiger partial charge in [0.15, 0.2) is 0 Å². The molecule has 0 radical (unpaired) electrons. The molecule has 0 atom stereocenters. The van der Waals surface area contributed by atoms with E-state index in [0.717, 1.165) is 5.69 Å². The van der Waals surface area contributed by atoms with Gasteiger partial charge in [-0.1, -0.05) is 12.1 Å². The van der Waals surface area contributed by atoms with Gasteiger partial charge in [-0.15, -0.1) is 0 Å². The summed E-state index contributed by atoms with van der Waals surface area (Å²) in [5.41, 5.74) is 0.762. The number of hydrogen-bond acceptors (Lipinski definition) is 3. The molecule has 1 aliphatic heterocycles. The van der Waals surface area contributed by atoms with Crippen molar-refractivity contribution in [3.63, 3.8) is 0 Å². The lowest BCUT2D eigenvalue weighted by Crippen LogP contribution is -2.27. The van der Waals surface area contributed by atoms with Crippen LogP contribution in [-0.4, -0.2) is 28.6 Å². The fourth-order valence-corrected chi connectivity index (χ4v) is 2.82. The van der Waals surface area contributed by atoms with Crippen molar-refractivity contribution in [3.8, 4) is 0 Å². The van der Waals surface area contributed by atoms with Gasteiger partial charge in [0.2, 0.25) is 10.0 Å². The highest BCUT2D eigenvalue weighted by Gasteiger charge is 2.22. The minimum atomic E-state index is -3.30. The summed E-state index contributed by atoms with van der Waals surface area (Å²) in [6, 6.07) is 7.02. The van der Waals surface area contributed by atoms with E-state index in [4.69, 9.17) is 0 Å². The number of nitrogens with zero attached hydrogens (tertiary/aromatic N) is 1. The van der Waals surface area contributed by atoms with Crippen LogP contribution in [0.25, 0.3) is 0 Å². The van der Waals surface area contributed by atoms with Crippen molar-refractivity contribution in [2.24, 2.45) is 0 Å². The van der Waals surface area contributed by atoms with Crippen LogP contribution in [0.2, 0.25) is 0 Å². The Bertz CT molecular complexity index is 442. The lowest BCUT2D eigenvalue weighted by atomic mass is 10.3. The van der Waals surface area contributed by atoms with Crippen LogP contribution in [0.1, 0.15) is 0 Å². The number of rotatable bonds is 0. The van der Waals surface area contributed by atoms with Crippen molar-refractivity contribution in [2.45, 2.75) is 4.90 Å². The first-order valence-electron chi connectivity index (χ1n) is 4.41. The number of anilines is 1. The van der Waals surface area contributed by atoms with Gasteiger partial charge in [-0.25, -0.2) is 13.1 Å². The molecule has 14 heavy (non-hydrogen) atoms. The zero-order valence-electron chi connectivity index (χ0n) is 7.90. The summed E-state index contributed by atoms with van der Waals surface area (Å²) < 4.78 is 25.9. The predicted molar refractivity (Wildman–Crippen MR) is 54.9 cm³/mol. The Balaban J connectivity index is 2.65. The first kappa shape index (κ1) is 9.48. The van der Waals surface area contributed by atoms with E-state index in [1.165, 1.54) is 0 Å². The second-order valence-electron chi connectivity index (χ2n) is 3.29. The van der Waals surface area contributed by atoms with Crippen LogP contribution in [0.4, 0.5) is 5.69 Å². The molecule has 0 saturated carbocycles. The zero-order valence-corrected chi connectivity index (χ0v) is 8.71. The third kappa shape index (κ3) is 1.49. The van der Waals surface area contributed by atoms with E-state index in [1.807, 2.05) is 24.1 Å². The Morgan fingerprint density at radius 3 is 2.86 bits per heavy atom. The number of hydrogen-bond donors (Lipinski definition) is 1. The molecule has 0 saturated heterocycles. The number of nitrogens with one attached hydrogen (secondary N) is 1. The van der Waals surface area contributed by atoms with Gasteiger partial charge in [-0.2, -0.15) is 0 Å². The third-order valence-electron chi connectivity index (χ3n) is 2.31. The van der Waals surface area contributed by atoms with Crippen LogP contribution in [0.15, 0.2) is 29.2 Å². The summed E-state index contributed by atoms with van der Waals surface area (Å²) in [7, 11) is -1.41. The van der Waals surface area contributed by atoms with Crippen molar-refractivity contribution in [1.82, 2.24) is 4.72 Å². The highest BCUT2D eigenvalue weighted by atomic mass is 32.2. The smallest absolute Gasteiger partial charge is 0.242 e. The minimum absolute atomic E-state index is 0.361. The van der Waals surface area contributed by atoms with Crippen molar-refractivity contribution < 1.29 is 8.42 Å². The van der Waals surface area contributed by atoms with E-state index in [0.29, 0.717) is 18.0 Å². The number of likely N-dealkylation sites (N-methyl/N-ethyl adjacent to an activating group) is 1. The van der Waals surface area contributed by atoms with Gasteiger partial charge < -0.3 is 4.90 Å². The average molecular weight is 212 g/mol. The van der Waals surface area contributed by atoms with Gasteiger partial charge in [0.05, 0.1) is 5.69 Å². The van der Waals surface area contributed by atoms with Gasteiger partial charge in [0.25, 0.3) is 0 Å². The lowest BCUT2D eigenvalue weighted by Gasteiger charge is -2.17. The van der Waals surface area contributed by atoms with E-state index in [1.54, 1.807) is 12.1 Å². The monoisotopic (exact) mass is 212 g/mol. The van der Waals surface area contributed by atoms with Gasteiger partial charge in [0.1, 0.15) is 4.90 Å². The Kier molecular flexibility index (Phi) is 2.20. The number of benzene rings is 1. The Morgan fingerprint density at radius 1 is 1.36 bits per heavy atom. The SMILES string of the molecule is CN1CCNS(=O)(=O)c2ccccc21. The molecule has 1 aromatic rings. The molecular weight excluding hydrogens is 200 g/mol. The van der Waals surface area contributed by atoms with Crippen LogP contribution in [0.3, 0.4) is 0 Å². The van der Waals surface area contributed by atoms with E-state index in [2.05, 4.69) is 4.72 Å².